The lowest BCUT2D eigenvalue weighted by atomic mass is 9.93. The number of rotatable bonds is 5. The number of anilines is 1. The van der Waals surface area contributed by atoms with Gasteiger partial charge in [0.15, 0.2) is 0 Å². The molecule has 1 aromatic carbocycles. The van der Waals surface area contributed by atoms with Crippen LogP contribution in [0.1, 0.15) is 49.3 Å². The first kappa shape index (κ1) is 19.7. The van der Waals surface area contributed by atoms with Crippen LogP contribution in [0.4, 0.5) is 5.95 Å². The van der Waals surface area contributed by atoms with E-state index in [9.17, 15) is 0 Å². The smallest absolute Gasteiger partial charge is 0.220 e. The van der Waals surface area contributed by atoms with Crippen molar-refractivity contribution in [1.82, 2.24) is 24.8 Å². The Balaban J connectivity index is 1.67. The zero-order valence-corrected chi connectivity index (χ0v) is 17.3. The predicted molar refractivity (Wildman–Crippen MR) is 115 cm³/mol. The molecule has 1 fully saturated rings. The van der Waals surface area contributed by atoms with Crippen molar-refractivity contribution in [3.63, 3.8) is 0 Å². The van der Waals surface area contributed by atoms with Gasteiger partial charge < -0.3 is 5.73 Å². The second-order valence-corrected chi connectivity index (χ2v) is 7.81. The Bertz CT molecular complexity index is 958. The first-order valence-corrected chi connectivity index (χ1v) is 10.4. The second kappa shape index (κ2) is 8.84. The molecule has 3 aromatic rings. The summed E-state index contributed by atoms with van der Waals surface area (Å²) in [5.74, 6) is 1.18. The molecule has 0 amide bonds. The van der Waals surface area contributed by atoms with Crippen LogP contribution in [-0.2, 0) is 13.0 Å². The van der Waals surface area contributed by atoms with Crippen molar-refractivity contribution in [2.75, 3.05) is 12.3 Å². The minimum atomic E-state index is 0.172. The quantitative estimate of drug-likeness (QED) is 0.671. The lowest BCUT2D eigenvalue weighted by molar-refractivity contribution is 0.137. The highest BCUT2D eigenvalue weighted by Crippen LogP contribution is 2.36. The summed E-state index contributed by atoms with van der Waals surface area (Å²) in [6.45, 7) is 3.86. The maximum atomic E-state index is 6.08. The molecule has 1 saturated heterocycles. The number of aromatic nitrogens is 4. The van der Waals surface area contributed by atoms with E-state index in [-0.39, 0.29) is 6.04 Å². The molecule has 1 atom stereocenters. The summed E-state index contributed by atoms with van der Waals surface area (Å²) in [6, 6.07) is 7.96. The number of hydrogen-bond acceptors (Lipinski definition) is 6. The Morgan fingerprint density at radius 3 is 2.55 bits per heavy atom. The van der Waals surface area contributed by atoms with Gasteiger partial charge in [0, 0.05) is 47.7 Å². The van der Waals surface area contributed by atoms with Crippen molar-refractivity contribution >= 4 is 17.5 Å². The third-order valence-electron chi connectivity index (χ3n) is 5.38. The van der Waals surface area contributed by atoms with Gasteiger partial charge in [0.2, 0.25) is 5.95 Å². The van der Waals surface area contributed by atoms with E-state index in [0.29, 0.717) is 11.0 Å². The number of benzene rings is 1. The Labute approximate surface area is 176 Å². The van der Waals surface area contributed by atoms with Crippen molar-refractivity contribution in [2.45, 2.75) is 45.2 Å². The molecule has 4 rings (SSSR count). The highest BCUT2D eigenvalue weighted by atomic mass is 35.5. The molecule has 0 saturated carbocycles. The van der Waals surface area contributed by atoms with Crippen molar-refractivity contribution in [2.24, 2.45) is 0 Å². The Hall–Kier alpha value is -2.57. The van der Waals surface area contributed by atoms with E-state index in [1.54, 1.807) is 0 Å². The molecule has 0 spiro atoms. The van der Waals surface area contributed by atoms with E-state index in [0.717, 1.165) is 60.6 Å². The molecular weight excluding hydrogens is 384 g/mol. The minimum Gasteiger partial charge on any atom is -0.368 e. The second-order valence-electron chi connectivity index (χ2n) is 7.38. The Kier molecular flexibility index (Phi) is 6.02. The largest absolute Gasteiger partial charge is 0.368 e. The van der Waals surface area contributed by atoms with Crippen LogP contribution in [0.3, 0.4) is 0 Å². The van der Waals surface area contributed by atoms with E-state index in [1.165, 1.54) is 6.42 Å². The summed E-state index contributed by atoms with van der Waals surface area (Å²) < 4.78 is 0. The molecule has 6 nitrogen and oxygen atoms in total. The fourth-order valence-corrected chi connectivity index (χ4v) is 4.01. The Morgan fingerprint density at radius 2 is 1.83 bits per heavy atom. The SMILES string of the molecule is CCc1ncc(CN2CCCC[C@@H]2c2nc(N)ncc2-c2ccc(Cl)cc2)cn1. The number of halogens is 1. The summed E-state index contributed by atoms with van der Waals surface area (Å²) in [7, 11) is 0. The minimum absolute atomic E-state index is 0.172. The van der Waals surface area contributed by atoms with E-state index in [1.807, 2.05) is 42.9 Å². The lowest BCUT2D eigenvalue weighted by Gasteiger charge is -2.36. The molecule has 2 N–H and O–H groups in total. The standard InChI is InChI=1S/C22H25ClN6/c1-2-20-25-11-15(12-26-20)14-29-10-4-3-5-19(29)21-18(13-27-22(24)28-21)16-6-8-17(23)9-7-16/h6-9,11-13,19H,2-5,10,14H2,1H3,(H2,24,27,28)/t19-/m1/s1. The molecule has 1 aliphatic rings. The average molecular weight is 409 g/mol. The zero-order chi connectivity index (χ0) is 20.2. The van der Waals surface area contributed by atoms with Gasteiger partial charge in [0.25, 0.3) is 0 Å². The van der Waals surface area contributed by atoms with Gasteiger partial charge in [-0.3, -0.25) is 4.90 Å². The van der Waals surface area contributed by atoms with Crippen LogP contribution in [0.15, 0.2) is 42.9 Å². The van der Waals surface area contributed by atoms with Crippen LogP contribution in [0, 0.1) is 0 Å². The summed E-state index contributed by atoms with van der Waals surface area (Å²) >= 11 is 6.08. The van der Waals surface area contributed by atoms with Crippen LogP contribution in [-0.4, -0.2) is 31.4 Å². The maximum absolute atomic E-state index is 6.08. The van der Waals surface area contributed by atoms with Gasteiger partial charge in [-0.2, -0.15) is 0 Å². The molecule has 0 unspecified atom stereocenters. The van der Waals surface area contributed by atoms with Crippen molar-refractivity contribution < 1.29 is 0 Å². The van der Waals surface area contributed by atoms with E-state index < -0.39 is 0 Å². The monoisotopic (exact) mass is 408 g/mol. The highest BCUT2D eigenvalue weighted by Gasteiger charge is 2.28. The fraction of sp³-hybridized carbons (Fsp3) is 0.364. The first-order chi connectivity index (χ1) is 14.1. The van der Waals surface area contributed by atoms with Gasteiger partial charge in [0.05, 0.1) is 11.7 Å². The van der Waals surface area contributed by atoms with Gasteiger partial charge >= 0.3 is 0 Å². The van der Waals surface area contributed by atoms with Gasteiger partial charge in [-0.25, -0.2) is 19.9 Å². The van der Waals surface area contributed by atoms with E-state index in [2.05, 4.69) is 31.8 Å². The van der Waals surface area contributed by atoms with E-state index in [4.69, 9.17) is 17.3 Å². The van der Waals surface area contributed by atoms with E-state index >= 15 is 0 Å². The molecule has 2 aromatic heterocycles. The van der Waals surface area contributed by atoms with Gasteiger partial charge in [-0.15, -0.1) is 0 Å². The molecule has 1 aliphatic heterocycles. The third-order valence-corrected chi connectivity index (χ3v) is 5.63. The van der Waals surface area contributed by atoms with Gasteiger partial charge in [0.1, 0.15) is 5.82 Å². The normalized spacial score (nSPS) is 17.4. The molecule has 150 valence electrons. The molecule has 0 radical (unpaired) electrons. The number of piperidine rings is 1. The molecule has 0 bridgehead atoms. The van der Waals surface area contributed by atoms with Gasteiger partial charge in [-0.05, 0) is 37.1 Å². The zero-order valence-electron chi connectivity index (χ0n) is 16.6. The summed E-state index contributed by atoms with van der Waals surface area (Å²) in [6.07, 6.45) is 9.91. The molecule has 3 heterocycles. The first-order valence-electron chi connectivity index (χ1n) is 10.1. The van der Waals surface area contributed by atoms with Crippen molar-refractivity contribution in [1.29, 1.82) is 0 Å². The molecule has 29 heavy (non-hydrogen) atoms. The summed E-state index contributed by atoms with van der Waals surface area (Å²) in [5.41, 5.74) is 10.1. The average Bonchev–Trinajstić information content (AvgIpc) is 2.75. The van der Waals surface area contributed by atoms with Crippen LogP contribution in [0.2, 0.25) is 5.02 Å². The van der Waals surface area contributed by atoms with Crippen LogP contribution in [0.25, 0.3) is 11.1 Å². The predicted octanol–water partition coefficient (Wildman–Crippen LogP) is 4.46. The number of nitrogen functional groups attached to an aromatic ring is 1. The fourth-order valence-electron chi connectivity index (χ4n) is 3.89. The number of likely N-dealkylation sites (tertiary alicyclic amines) is 1. The van der Waals surface area contributed by atoms with Crippen LogP contribution >= 0.6 is 11.6 Å². The molecular formula is C22H25ClN6. The summed E-state index contributed by atoms with van der Waals surface area (Å²) in [4.78, 5) is 20.3. The summed E-state index contributed by atoms with van der Waals surface area (Å²) in [5, 5.41) is 0.710. The third kappa shape index (κ3) is 4.54. The number of nitrogens with zero attached hydrogens (tertiary/aromatic N) is 5. The molecule has 0 aliphatic carbocycles. The van der Waals surface area contributed by atoms with Crippen molar-refractivity contribution in [3.05, 3.63) is 65.0 Å². The highest BCUT2D eigenvalue weighted by molar-refractivity contribution is 6.30. The number of nitrogens with two attached hydrogens (primary N) is 1. The lowest BCUT2D eigenvalue weighted by Crippen LogP contribution is -2.34. The Morgan fingerprint density at radius 1 is 1.07 bits per heavy atom. The number of hydrogen-bond donors (Lipinski definition) is 1. The van der Waals surface area contributed by atoms with Gasteiger partial charge in [-0.1, -0.05) is 37.1 Å². The molecule has 7 heteroatoms. The van der Waals surface area contributed by atoms with Crippen molar-refractivity contribution in [3.8, 4) is 11.1 Å². The number of aryl methyl sites for hydroxylation is 1. The van der Waals surface area contributed by atoms with Crippen LogP contribution in [0.5, 0.6) is 0 Å². The topological polar surface area (TPSA) is 80.8 Å². The van der Waals surface area contributed by atoms with Crippen LogP contribution < -0.4 is 5.73 Å². The maximum Gasteiger partial charge on any atom is 0.220 e.